The van der Waals surface area contributed by atoms with Gasteiger partial charge in [0.05, 0.1) is 5.75 Å². The molecule has 0 aliphatic carbocycles. The minimum Gasteiger partial charge on any atom is -0.298 e. The zero-order chi connectivity index (χ0) is 12.0. The van der Waals surface area contributed by atoms with Gasteiger partial charge in [-0.25, -0.2) is 0 Å². The quantitative estimate of drug-likeness (QED) is 0.759. The molecule has 0 amide bonds. The number of hydrogen-bond acceptors (Lipinski definition) is 2. The first-order chi connectivity index (χ1) is 7.63. The van der Waals surface area contributed by atoms with E-state index in [0.717, 1.165) is 17.2 Å². The van der Waals surface area contributed by atoms with E-state index in [9.17, 15) is 4.79 Å². The molecule has 1 aromatic rings. The average Bonchev–Trinajstić information content (AvgIpc) is 2.30. The third kappa shape index (κ3) is 4.58. The summed E-state index contributed by atoms with van der Waals surface area (Å²) in [4.78, 5) is 11.6. The van der Waals surface area contributed by atoms with E-state index in [-0.39, 0.29) is 5.92 Å². The first-order valence-corrected chi connectivity index (χ1v) is 7.01. The van der Waals surface area contributed by atoms with E-state index < -0.39 is 0 Å². The Balaban J connectivity index is 2.30. The highest BCUT2D eigenvalue weighted by Crippen LogP contribution is 2.17. The van der Waals surface area contributed by atoms with Crippen molar-refractivity contribution in [2.24, 2.45) is 5.92 Å². The number of carbonyl (C=O) groups is 1. The third-order valence-electron chi connectivity index (χ3n) is 2.59. The summed E-state index contributed by atoms with van der Waals surface area (Å²) in [6.07, 6.45) is 0.931. The minimum atomic E-state index is 0.192. The van der Waals surface area contributed by atoms with Gasteiger partial charge in [0.25, 0.3) is 0 Å². The third-order valence-corrected chi connectivity index (χ3v) is 3.87. The average molecular weight is 257 g/mol. The van der Waals surface area contributed by atoms with E-state index >= 15 is 0 Å². The molecule has 0 aliphatic heterocycles. The lowest BCUT2D eigenvalue weighted by molar-refractivity contribution is -0.119. The Bertz CT molecular complexity index is 334. The zero-order valence-corrected chi connectivity index (χ0v) is 11.3. The molecule has 0 fully saturated rings. The van der Waals surface area contributed by atoms with Gasteiger partial charge < -0.3 is 0 Å². The van der Waals surface area contributed by atoms with Gasteiger partial charge in [0.1, 0.15) is 5.78 Å². The lowest BCUT2D eigenvalue weighted by atomic mass is 10.1. The number of halogens is 1. The van der Waals surface area contributed by atoms with E-state index in [2.05, 4.69) is 0 Å². The molecule has 1 unspecified atom stereocenters. The Kier molecular flexibility index (Phi) is 5.93. The zero-order valence-electron chi connectivity index (χ0n) is 9.70. The molecule has 1 nitrogen and oxygen atoms in total. The van der Waals surface area contributed by atoms with E-state index in [0.29, 0.717) is 11.5 Å². The highest BCUT2D eigenvalue weighted by molar-refractivity contribution is 7.99. The van der Waals surface area contributed by atoms with E-state index in [1.165, 1.54) is 5.56 Å². The van der Waals surface area contributed by atoms with Crippen LogP contribution >= 0.6 is 23.4 Å². The molecule has 3 heteroatoms. The second-order valence-corrected chi connectivity index (χ2v) is 5.32. The van der Waals surface area contributed by atoms with Crippen molar-refractivity contribution < 1.29 is 4.79 Å². The maximum absolute atomic E-state index is 11.6. The van der Waals surface area contributed by atoms with Crippen LogP contribution in [0, 0.1) is 5.92 Å². The summed E-state index contributed by atoms with van der Waals surface area (Å²) >= 11 is 7.47. The number of benzene rings is 1. The summed E-state index contributed by atoms with van der Waals surface area (Å²) in [5.74, 6) is 2.02. The van der Waals surface area contributed by atoms with Gasteiger partial charge in [-0.05, 0) is 24.1 Å². The van der Waals surface area contributed by atoms with Gasteiger partial charge in [-0.15, -0.1) is 11.8 Å². The van der Waals surface area contributed by atoms with Crippen LogP contribution in [-0.4, -0.2) is 11.5 Å². The molecule has 16 heavy (non-hydrogen) atoms. The molecule has 0 N–H and O–H groups in total. The van der Waals surface area contributed by atoms with Crippen molar-refractivity contribution in [1.29, 1.82) is 0 Å². The van der Waals surface area contributed by atoms with Crippen molar-refractivity contribution in [2.45, 2.75) is 26.0 Å². The second kappa shape index (κ2) is 6.97. The molecule has 0 saturated carbocycles. The predicted molar refractivity (Wildman–Crippen MR) is 72.1 cm³/mol. The Morgan fingerprint density at radius 1 is 1.38 bits per heavy atom. The van der Waals surface area contributed by atoms with Crippen molar-refractivity contribution >= 4 is 29.1 Å². The van der Waals surface area contributed by atoms with Crippen LogP contribution in [0.25, 0.3) is 0 Å². The Morgan fingerprint density at radius 2 is 2.00 bits per heavy atom. The van der Waals surface area contributed by atoms with Crippen LogP contribution in [0.1, 0.15) is 25.8 Å². The van der Waals surface area contributed by atoms with Gasteiger partial charge in [-0.3, -0.25) is 4.79 Å². The van der Waals surface area contributed by atoms with Crippen molar-refractivity contribution in [2.75, 3.05) is 5.75 Å². The van der Waals surface area contributed by atoms with Crippen molar-refractivity contribution in [3.8, 4) is 0 Å². The van der Waals surface area contributed by atoms with Crippen molar-refractivity contribution in [1.82, 2.24) is 0 Å². The van der Waals surface area contributed by atoms with Crippen LogP contribution in [0.4, 0.5) is 0 Å². The lowest BCUT2D eigenvalue weighted by Gasteiger charge is -2.06. The molecule has 0 bridgehead atoms. The van der Waals surface area contributed by atoms with Gasteiger partial charge in [-0.2, -0.15) is 0 Å². The van der Waals surface area contributed by atoms with Crippen LogP contribution in [0.5, 0.6) is 0 Å². The molecule has 0 aliphatic rings. The van der Waals surface area contributed by atoms with Crippen LogP contribution in [-0.2, 0) is 10.5 Å². The van der Waals surface area contributed by atoms with E-state index in [1.807, 2.05) is 38.1 Å². The lowest BCUT2D eigenvalue weighted by Crippen LogP contribution is -2.12. The van der Waals surface area contributed by atoms with Gasteiger partial charge in [0.15, 0.2) is 0 Å². The number of hydrogen-bond donors (Lipinski definition) is 0. The molecule has 1 atom stereocenters. The highest BCUT2D eigenvalue weighted by Gasteiger charge is 2.09. The van der Waals surface area contributed by atoms with Crippen LogP contribution in [0.3, 0.4) is 0 Å². The van der Waals surface area contributed by atoms with Gasteiger partial charge >= 0.3 is 0 Å². The number of Topliss-reactive ketones (excluding diaryl/α,β-unsaturated/α-hetero) is 1. The van der Waals surface area contributed by atoms with Crippen molar-refractivity contribution in [3.63, 3.8) is 0 Å². The standard InChI is InChI=1S/C13H17ClOS/c1-3-10(2)13(15)9-16-8-11-4-6-12(14)7-5-11/h4-7,10H,3,8-9H2,1-2H3. The monoisotopic (exact) mass is 256 g/mol. The fraction of sp³-hybridized carbons (Fsp3) is 0.462. The normalized spacial score (nSPS) is 12.4. The van der Waals surface area contributed by atoms with Gasteiger partial charge in [0, 0.05) is 16.7 Å². The Hall–Kier alpha value is -0.470. The van der Waals surface area contributed by atoms with Crippen LogP contribution in [0.2, 0.25) is 5.02 Å². The number of ketones is 1. The molecule has 0 spiro atoms. The minimum absolute atomic E-state index is 0.192. The van der Waals surface area contributed by atoms with Crippen molar-refractivity contribution in [3.05, 3.63) is 34.9 Å². The summed E-state index contributed by atoms with van der Waals surface area (Å²) < 4.78 is 0. The van der Waals surface area contributed by atoms with Gasteiger partial charge in [0.2, 0.25) is 0 Å². The number of rotatable bonds is 6. The molecule has 88 valence electrons. The van der Waals surface area contributed by atoms with Crippen LogP contribution in [0.15, 0.2) is 24.3 Å². The van der Waals surface area contributed by atoms with Crippen LogP contribution < -0.4 is 0 Å². The molecule has 1 aromatic carbocycles. The smallest absolute Gasteiger partial charge is 0.145 e. The maximum Gasteiger partial charge on any atom is 0.145 e. The van der Waals surface area contributed by atoms with E-state index in [4.69, 9.17) is 11.6 Å². The van der Waals surface area contributed by atoms with Gasteiger partial charge in [-0.1, -0.05) is 37.6 Å². The molecule has 0 saturated heterocycles. The first-order valence-electron chi connectivity index (χ1n) is 5.48. The SMILES string of the molecule is CCC(C)C(=O)CSCc1ccc(Cl)cc1. The highest BCUT2D eigenvalue weighted by atomic mass is 35.5. The Labute approximate surface area is 107 Å². The topological polar surface area (TPSA) is 17.1 Å². The maximum atomic E-state index is 11.6. The predicted octanol–water partition coefficient (Wildman–Crippen LogP) is 4.19. The summed E-state index contributed by atoms with van der Waals surface area (Å²) in [5, 5.41) is 0.754. The summed E-state index contributed by atoms with van der Waals surface area (Å²) in [6, 6.07) is 7.77. The first kappa shape index (κ1) is 13.6. The fourth-order valence-electron chi connectivity index (χ4n) is 1.22. The number of carbonyl (C=O) groups excluding carboxylic acids is 1. The largest absolute Gasteiger partial charge is 0.298 e. The summed E-state index contributed by atoms with van der Waals surface area (Å²) in [6.45, 7) is 4.04. The number of thioether (sulfide) groups is 1. The molecule has 0 aromatic heterocycles. The second-order valence-electron chi connectivity index (χ2n) is 3.89. The Morgan fingerprint density at radius 3 is 2.56 bits per heavy atom. The molecule has 1 rings (SSSR count). The summed E-state index contributed by atoms with van der Waals surface area (Å²) in [5.41, 5.74) is 1.21. The molecule has 0 radical (unpaired) electrons. The summed E-state index contributed by atoms with van der Waals surface area (Å²) in [7, 11) is 0. The molecular formula is C13H17ClOS. The molecule has 0 heterocycles. The van der Waals surface area contributed by atoms with E-state index in [1.54, 1.807) is 11.8 Å². The molecular weight excluding hydrogens is 240 g/mol. The fourth-order valence-corrected chi connectivity index (χ4v) is 2.36.